The van der Waals surface area contributed by atoms with Crippen molar-refractivity contribution in [2.24, 2.45) is 7.05 Å². The van der Waals surface area contributed by atoms with E-state index in [0.29, 0.717) is 5.69 Å². The molecule has 2 rings (SSSR count). The summed E-state index contributed by atoms with van der Waals surface area (Å²) >= 11 is 0. The number of nitrogens with zero attached hydrogens (tertiary/aromatic N) is 4. The van der Waals surface area contributed by atoms with Gasteiger partial charge < -0.3 is 9.63 Å². The highest BCUT2D eigenvalue weighted by Gasteiger charge is 2.18. The van der Waals surface area contributed by atoms with Crippen molar-refractivity contribution in [3.8, 4) is 11.5 Å². The van der Waals surface area contributed by atoms with Gasteiger partial charge in [0.2, 0.25) is 5.76 Å². The minimum Gasteiger partial charge on any atom is -0.477 e. The van der Waals surface area contributed by atoms with E-state index >= 15 is 0 Å². The van der Waals surface area contributed by atoms with Gasteiger partial charge in [0.25, 0.3) is 0 Å². The summed E-state index contributed by atoms with van der Waals surface area (Å²) in [6.07, 6.45) is 2.68. The van der Waals surface area contributed by atoms with Gasteiger partial charge in [0.1, 0.15) is 5.56 Å². The maximum Gasteiger partial charge on any atom is 0.341 e. The molecule has 7 heteroatoms. The lowest BCUT2D eigenvalue weighted by atomic mass is 10.2. The third-order valence-corrected chi connectivity index (χ3v) is 1.64. The van der Waals surface area contributed by atoms with Crippen LogP contribution in [0.3, 0.4) is 0 Å². The zero-order chi connectivity index (χ0) is 10.1. The number of carbonyl (C=O) groups is 1. The maximum atomic E-state index is 10.7. The van der Waals surface area contributed by atoms with Crippen molar-refractivity contribution in [2.45, 2.75) is 0 Å². The van der Waals surface area contributed by atoms with Gasteiger partial charge in [0.15, 0.2) is 5.69 Å². The lowest BCUT2D eigenvalue weighted by molar-refractivity contribution is 0.0697. The fourth-order valence-corrected chi connectivity index (χ4v) is 1.03. The molecule has 0 saturated heterocycles. The Balaban J connectivity index is 2.51. The lowest BCUT2D eigenvalue weighted by Gasteiger charge is -1.89. The molecule has 2 aromatic heterocycles. The zero-order valence-corrected chi connectivity index (χ0v) is 7.21. The molecule has 14 heavy (non-hydrogen) atoms. The third kappa shape index (κ3) is 1.24. The summed E-state index contributed by atoms with van der Waals surface area (Å²) in [5.74, 6) is -0.988. The Bertz CT molecular complexity index is 473. The summed E-state index contributed by atoms with van der Waals surface area (Å²) in [6.45, 7) is 0. The molecule has 2 aromatic rings. The van der Waals surface area contributed by atoms with Gasteiger partial charge in [0, 0.05) is 7.05 Å². The molecule has 0 bridgehead atoms. The second-order valence-electron chi connectivity index (χ2n) is 2.65. The largest absolute Gasteiger partial charge is 0.477 e. The molecule has 0 spiro atoms. The molecule has 0 aliphatic heterocycles. The highest BCUT2D eigenvalue weighted by Crippen LogP contribution is 2.20. The van der Waals surface area contributed by atoms with Gasteiger partial charge in [-0.25, -0.2) is 4.79 Å². The van der Waals surface area contributed by atoms with E-state index in [9.17, 15) is 4.79 Å². The molecule has 1 N–H and O–H groups in total. The van der Waals surface area contributed by atoms with Gasteiger partial charge in [-0.3, -0.25) is 4.68 Å². The van der Waals surface area contributed by atoms with Crippen LogP contribution >= 0.6 is 0 Å². The van der Waals surface area contributed by atoms with E-state index in [-0.39, 0.29) is 11.3 Å². The monoisotopic (exact) mass is 194 g/mol. The van der Waals surface area contributed by atoms with Crippen LogP contribution in [0.4, 0.5) is 0 Å². The van der Waals surface area contributed by atoms with Gasteiger partial charge >= 0.3 is 5.97 Å². The first-order valence-electron chi connectivity index (χ1n) is 3.73. The number of rotatable bonds is 2. The fourth-order valence-electron chi connectivity index (χ4n) is 1.03. The van der Waals surface area contributed by atoms with Crippen LogP contribution in [0.1, 0.15) is 10.4 Å². The van der Waals surface area contributed by atoms with Crippen LogP contribution in [-0.2, 0) is 7.05 Å². The molecular formula is C7H6N4O3. The molecule has 0 amide bonds. The van der Waals surface area contributed by atoms with Crippen molar-refractivity contribution < 1.29 is 14.4 Å². The molecule has 0 unspecified atom stereocenters. The predicted molar refractivity (Wildman–Crippen MR) is 43.5 cm³/mol. The number of carboxylic acid groups (broad SMARTS) is 1. The molecule has 0 radical (unpaired) electrons. The Morgan fingerprint density at radius 1 is 1.64 bits per heavy atom. The first-order valence-corrected chi connectivity index (χ1v) is 3.73. The molecule has 72 valence electrons. The normalized spacial score (nSPS) is 10.4. The minimum atomic E-state index is -1.10. The molecule has 2 heterocycles. The van der Waals surface area contributed by atoms with Crippen LogP contribution in [0.2, 0.25) is 0 Å². The number of aromatic carboxylic acids is 1. The average Bonchev–Trinajstić information content (AvgIpc) is 2.70. The maximum absolute atomic E-state index is 10.7. The Hall–Kier alpha value is -2.18. The van der Waals surface area contributed by atoms with Gasteiger partial charge in [-0.15, -0.1) is 5.10 Å². The van der Waals surface area contributed by atoms with Crippen LogP contribution in [0.25, 0.3) is 11.5 Å². The minimum absolute atomic E-state index is 0.0227. The van der Waals surface area contributed by atoms with E-state index in [1.54, 1.807) is 13.2 Å². The van der Waals surface area contributed by atoms with Crippen LogP contribution in [0.5, 0.6) is 0 Å². The van der Waals surface area contributed by atoms with Crippen molar-refractivity contribution in [1.82, 2.24) is 20.2 Å². The predicted octanol–water partition coefficient (Wildman–Crippen LogP) is 0.168. The van der Waals surface area contributed by atoms with Crippen molar-refractivity contribution in [2.75, 3.05) is 0 Å². The topological polar surface area (TPSA) is 94.0 Å². The molecule has 0 saturated carbocycles. The molecule has 0 aromatic carbocycles. The van der Waals surface area contributed by atoms with Crippen molar-refractivity contribution in [3.63, 3.8) is 0 Å². The van der Waals surface area contributed by atoms with Crippen LogP contribution in [0, 0.1) is 0 Å². The van der Waals surface area contributed by atoms with E-state index in [1.165, 1.54) is 4.68 Å². The highest BCUT2D eigenvalue weighted by molar-refractivity contribution is 5.93. The average molecular weight is 194 g/mol. The van der Waals surface area contributed by atoms with E-state index < -0.39 is 5.97 Å². The summed E-state index contributed by atoms with van der Waals surface area (Å²) in [4.78, 5) is 10.7. The second-order valence-corrected chi connectivity index (χ2v) is 2.65. The van der Waals surface area contributed by atoms with E-state index in [0.717, 1.165) is 6.20 Å². The van der Waals surface area contributed by atoms with Crippen LogP contribution in [-0.4, -0.2) is 31.2 Å². The van der Waals surface area contributed by atoms with E-state index in [1.807, 2.05) is 0 Å². The van der Waals surface area contributed by atoms with Crippen molar-refractivity contribution in [3.05, 3.63) is 18.0 Å². The second kappa shape index (κ2) is 2.95. The number of hydrogen-bond acceptors (Lipinski definition) is 5. The van der Waals surface area contributed by atoms with Gasteiger partial charge in [0.05, 0.1) is 12.4 Å². The highest BCUT2D eigenvalue weighted by atomic mass is 16.5. The molecule has 0 atom stereocenters. The van der Waals surface area contributed by atoms with E-state index in [2.05, 4.69) is 15.5 Å². The van der Waals surface area contributed by atoms with Crippen molar-refractivity contribution >= 4 is 5.97 Å². The SMILES string of the molecule is Cn1cc(-c2oncc2C(=O)O)nn1. The summed E-state index contributed by atoms with van der Waals surface area (Å²) in [5.41, 5.74) is 0.327. The third-order valence-electron chi connectivity index (χ3n) is 1.64. The Morgan fingerprint density at radius 3 is 3.00 bits per heavy atom. The lowest BCUT2D eigenvalue weighted by Crippen LogP contribution is -1.95. The Kier molecular flexibility index (Phi) is 1.77. The summed E-state index contributed by atoms with van der Waals surface area (Å²) in [5, 5.41) is 19.5. The Labute approximate surface area is 77.9 Å². The molecule has 0 aliphatic carbocycles. The number of aromatic nitrogens is 4. The van der Waals surface area contributed by atoms with E-state index in [4.69, 9.17) is 9.63 Å². The quantitative estimate of drug-likeness (QED) is 0.732. The summed E-state index contributed by atoms with van der Waals surface area (Å²) in [6, 6.07) is 0. The first-order chi connectivity index (χ1) is 6.68. The summed E-state index contributed by atoms with van der Waals surface area (Å²) in [7, 11) is 1.67. The molecule has 0 aliphatic rings. The molecule has 0 fully saturated rings. The first kappa shape index (κ1) is 8.42. The standard InChI is InChI=1S/C7H6N4O3/c1-11-3-5(9-10-11)6-4(7(12)13)2-8-14-6/h2-3H,1H3,(H,12,13). The van der Waals surface area contributed by atoms with Crippen LogP contribution in [0.15, 0.2) is 16.9 Å². The molecular weight excluding hydrogens is 188 g/mol. The van der Waals surface area contributed by atoms with Crippen molar-refractivity contribution in [1.29, 1.82) is 0 Å². The van der Waals surface area contributed by atoms with Gasteiger partial charge in [-0.2, -0.15) is 0 Å². The number of hydrogen-bond donors (Lipinski definition) is 1. The smallest absolute Gasteiger partial charge is 0.341 e. The zero-order valence-electron chi connectivity index (χ0n) is 7.21. The molecule has 7 nitrogen and oxygen atoms in total. The van der Waals surface area contributed by atoms with Gasteiger partial charge in [-0.05, 0) is 0 Å². The summed E-state index contributed by atoms with van der Waals surface area (Å²) < 4.78 is 6.23. The van der Waals surface area contributed by atoms with Gasteiger partial charge in [-0.1, -0.05) is 10.4 Å². The Morgan fingerprint density at radius 2 is 2.43 bits per heavy atom. The fraction of sp³-hybridized carbons (Fsp3) is 0.143. The van der Waals surface area contributed by atoms with Crippen LogP contribution < -0.4 is 0 Å². The number of aryl methyl sites for hydroxylation is 1. The number of carboxylic acids is 1.